The van der Waals surface area contributed by atoms with E-state index in [0.717, 1.165) is 18.3 Å². The van der Waals surface area contributed by atoms with Crippen molar-refractivity contribution in [3.63, 3.8) is 0 Å². The summed E-state index contributed by atoms with van der Waals surface area (Å²) in [6, 6.07) is 0. The van der Waals surface area contributed by atoms with Gasteiger partial charge in [0.05, 0.1) is 6.10 Å². The zero-order valence-corrected chi connectivity index (χ0v) is 7.29. The first-order valence-corrected chi connectivity index (χ1v) is 4.95. The van der Waals surface area contributed by atoms with Crippen molar-refractivity contribution in [2.24, 2.45) is 17.8 Å². The van der Waals surface area contributed by atoms with Crippen molar-refractivity contribution in [1.82, 2.24) is 0 Å². The summed E-state index contributed by atoms with van der Waals surface area (Å²) in [6.07, 6.45) is 6.61. The zero-order valence-electron chi connectivity index (χ0n) is 7.29. The van der Waals surface area contributed by atoms with Crippen LogP contribution in [-0.4, -0.2) is 11.2 Å². The van der Waals surface area contributed by atoms with Crippen LogP contribution < -0.4 is 0 Å². The molecule has 0 heterocycles. The van der Waals surface area contributed by atoms with E-state index in [2.05, 4.69) is 6.92 Å². The maximum Gasteiger partial charge on any atom is 0.0568 e. The lowest BCUT2D eigenvalue weighted by molar-refractivity contribution is 0.0330. The Hall–Kier alpha value is -0.0400. The normalized spacial score (nSPS) is 50.7. The maximum absolute atomic E-state index is 9.62. The van der Waals surface area contributed by atoms with E-state index < -0.39 is 0 Å². The zero-order chi connectivity index (χ0) is 7.84. The highest BCUT2D eigenvalue weighted by molar-refractivity contribution is 4.87. The van der Waals surface area contributed by atoms with Crippen LogP contribution in [0.1, 0.15) is 39.0 Å². The van der Waals surface area contributed by atoms with Crippen molar-refractivity contribution in [2.45, 2.75) is 45.1 Å². The minimum Gasteiger partial charge on any atom is -0.393 e. The van der Waals surface area contributed by atoms with Crippen LogP contribution >= 0.6 is 0 Å². The van der Waals surface area contributed by atoms with Gasteiger partial charge in [0.1, 0.15) is 0 Å². The number of hydrogen-bond donors (Lipinski definition) is 1. The molecule has 1 nitrogen and oxygen atoms in total. The van der Waals surface area contributed by atoms with Gasteiger partial charge < -0.3 is 5.11 Å². The quantitative estimate of drug-likeness (QED) is 0.567. The van der Waals surface area contributed by atoms with Crippen LogP contribution in [0.4, 0.5) is 0 Å². The molecule has 4 atom stereocenters. The fourth-order valence-electron chi connectivity index (χ4n) is 2.91. The first kappa shape index (κ1) is 7.60. The van der Waals surface area contributed by atoms with Gasteiger partial charge in [-0.3, -0.25) is 0 Å². The fraction of sp³-hybridized carbons (Fsp3) is 1.00. The molecule has 0 radical (unpaired) electrons. The molecular formula is C10H18O. The van der Waals surface area contributed by atoms with Crippen LogP contribution in [-0.2, 0) is 0 Å². The molecule has 11 heavy (non-hydrogen) atoms. The van der Waals surface area contributed by atoms with E-state index in [0.29, 0.717) is 5.92 Å². The summed E-state index contributed by atoms with van der Waals surface area (Å²) in [5.74, 6) is 2.41. The van der Waals surface area contributed by atoms with Gasteiger partial charge in [-0.1, -0.05) is 26.2 Å². The largest absolute Gasteiger partial charge is 0.393 e. The molecular weight excluding hydrogens is 136 g/mol. The van der Waals surface area contributed by atoms with Crippen LogP contribution in [0.25, 0.3) is 0 Å². The molecule has 1 heteroatoms. The van der Waals surface area contributed by atoms with Gasteiger partial charge in [0.25, 0.3) is 0 Å². The molecule has 0 amide bonds. The van der Waals surface area contributed by atoms with E-state index in [9.17, 15) is 5.11 Å². The monoisotopic (exact) mass is 154 g/mol. The Labute approximate surface area is 68.8 Å². The molecule has 4 unspecified atom stereocenters. The summed E-state index contributed by atoms with van der Waals surface area (Å²) in [6.45, 7) is 2.19. The third kappa shape index (κ3) is 1.31. The molecule has 0 bridgehead atoms. The van der Waals surface area contributed by atoms with Gasteiger partial charge in [-0.2, -0.15) is 0 Å². The highest BCUT2D eigenvalue weighted by Crippen LogP contribution is 2.43. The third-order valence-corrected chi connectivity index (χ3v) is 3.69. The first-order valence-electron chi connectivity index (χ1n) is 4.95. The predicted molar refractivity (Wildman–Crippen MR) is 45.2 cm³/mol. The number of rotatable bonds is 0. The molecule has 0 spiro atoms. The molecule has 0 aliphatic heterocycles. The lowest BCUT2D eigenvalue weighted by Gasteiger charge is -2.33. The van der Waals surface area contributed by atoms with E-state index in [4.69, 9.17) is 0 Å². The molecule has 0 saturated heterocycles. The summed E-state index contributed by atoms with van der Waals surface area (Å²) in [4.78, 5) is 0. The van der Waals surface area contributed by atoms with Gasteiger partial charge in [-0.05, 0) is 30.6 Å². The van der Waals surface area contributed by atoms with Gasteiger partial charge in [0, 0.05) is 0 Å². The molecule has 0 aromatic rings. The Bertz CT molecular complexity index is 128. The number of aliphatic hydroxyl groups excluding tert-OH is 1. The van der Waals surface area contributed by atoms with Gasteiger partial charge in [-0.15, -0.1) is 0 Å². The minimum atomic E-state index is 0.00866. The van der Waals surface area contributed by atoms with Crippen LogP contribution in [0.2, 0.25) is 0 Å². The smallest absolute Gasteiger partial charge is 0.0568 e. The summed E-state index contributed by atoms with van der Waals surface area (Å²) >= 11 is 0. The Balaban J connectivity index is 2.00. The van der Waals surface area contributed by atoms with E-state index >= 15 is 0 Å². The van der Waals surface area contributed by atoms with Crippen molar-refractivity contribution in [3.8, 4) is 0 Å². The SMILES string of the molecule is CC1CC2CCCC2CC1O. The van der Waals surface area contributed by atoms with Crippen LogP contribution in [0.3, 0.4) is 0 Å². The average Bonchev–Trinajstić information content (AvgIpc) is 2.36. The van der Waals surface area contributed by atoms with Crippen molar-refractivity contribution in [2.75, 3.05) is 0 Å². The highest BCUT2D eigenvalue weighted by Gasteiger charge is 2.36. The van der Waals surface area contributed by atoms with Crippen LogP contribution in [0.15, 0.2) is 0 Å². The second-order valence-electron chi connectivity index (χ2n) is 4.47. The maximum atomic E-state index is 9.62. The molecule has 2 fully saturated rings. The van der Waals surface area contributed by atoms with Crippen LogP contribution in [0.5, 0.6) is 0 Å². The van der Waals surface area contributed by atoms with Gasteiger partial charge >= 0.3 is 0 Å². The van der Waals surface area contributed by atoms with Crippen molar-refractivity contribution in [1.29, 1.82) is 0 Å². The third-order valence-electron chi connectivity index (χ3n) is 3.69. The molecule has 0 aromatic heterocycles. The fourth-order valence-corrected chi connectivity index (χ4v) is 2.91. The topological polar surface area (TPSA) is 20.2 Å². The van der Waals surface area contributed by atoms with Crippen LogP contribution in [0, 0.1) is 17.8 Å². The first-order chi connectivity index (χ1) is 5.27. The molecule has 2 aliphatic rings. The number of hydrogen-bond acceptors (Lipinski definition) is 1. The van der Waals surface area contributed by atoms with Crippen molar-refractivity contribution >= 4 is 0 Å². The summed E-state index contributed by atoms with van der Waals surface area (Å²) in [5, 5.41) is 9.62. The van der Waals surface area contributed by atoms with Gasteiger partial charge in [-0.25, -0.2) is 0 Å². The Morgan fingerprint density at radius 2 is 1.73 bits per heavy atom. The highest BCUT2D eigenvalue weighted by atomic mass is 16.3. The van der Waals surface area contributed by atoms with E-state index in [1.165, 1.54) is 25.7 Å². The van der Waals surface area contributed by atoms with Gasteiger partial charge in [0.2, 0.25) is 0 Å². The molecule has 1 N–H and O–H groups in total. The molecule has 2 aliphatic carbocycles. The van der Waals surface area contributed by atoms with Crippen molar-refractivity contribution < 1.29 is 5.11 Å². The molecule has 2 rings (SSSR count). The molecule has 64 valence electrons. The lowest BCUT2D eigenvalue weighted by Crippen LogP contribution is -2.31. The number of fused-ring (bicyclic) bond motifs is 1. The molecule has 0 aromatic carbocycles. The summed E-state index contributed by atoms with van der Waals surface area (Å²) < 4.78 is 0. The van der Waals surface area contributed by atoms with E-state index in [1.54, 1.807) is 0 Å². The summed E-state index contributed by atoms with van der Waals surface area (Å²) in [5.41, 5.74) is 0. The number of aliphatic hydroxyl groups is 1. The second-order valence-corrected chi connectivity index (χ2v) is 4.47. The van der Waals surface area contributed by atoms with Crippen molar-refractivity contribution in [3.05, 3.63) is 0 Å². The van der Waals surface area contributed by atoms with Gasteiger partial charge in [0.15, 0.2) is 0 Å². The standard InChI is InChI=1S/C10H18O/c1-7-5-8-3-2-4-9(8)6-10(7)11/h7-11H,2-6H2,1H3. The molecule has 2 saturated carbocycles. The predicted octanol–water partition coefficient (Wildman–Crippen LogP) is 2.19. The summed E-state index contributed by atoms with van der Waals surface area (Å²) in [7, 11) is 0. The van der Waals surface area contributed by atoms with E-state index in [-0.39, 0.29) is 6.10 Å². The average molecular weight is 154 g/mol. The Morgan fingerprint density at radius 3 is 2.45 bits per heavy atom. The Morgan fingerprint density at radius 1 is 1.09 bits per heavy atom. The Kier molecular flexibility index (Phi) is 1.92. The lowest BCUT2D eigenvalue weighted by atomic mass is 9.75. The minimum absolute atomic E-state index is 0.00866. The van der Waals surface area contributed by atoms with E-state index in [1.807, 2.05) is 0 Å². The second kappa shape index (κ2) is 2.78.